The summed E-state index contributed by atoms with van der Waals surface area (Å²) in [5.74, 6) is 1.57. The smallest absolute Gasteiger partial charge is 0.0209 e. The Morgan fingerprint density at radius 2 is 1.67 bits per heavy atom. The normalized spacial score (nSPS) is 14.9. The van der Waals surface area contributed by atoms with Crippen LogP contribution in [-0.2, 0) is 0 Å². The first-order valence-corrected chi connectivity index (χ1v) is 6.78. The summed E-state index contributed by atoms with van der Waals surface area (Å²) in [7, 11) is 0. The van der Waals surface area contributed by atoms with Gasteiger partial charge in [0.25, 0.3) is 0 Å². The molecule has 0 heteroatoms. The van der Waals surface area contributed by atoms with Crippen molar-refractivity contribution in [1.29, 1.82) is 0 Å². The minimum atomic E-state index is 0.709. The number of rotatable bonds is 9. The van der Waals surface area contributed by atoms with E-state index < -0.39 is 0 Å². The summed E-state index contributed by atoms with van der Waals surface area (Å²) >= 11 is 0. The first kappa shape index (κ1) is 14.7. The fourth-order valence-corrected chi connectivity index (χ4v) is 2.22. The Morgan fingerprint density at radius 1 is 1.07 bits per heavy atom. The van der Waals surface area contributed by atoms with Crippen molar-refractivity contribution in [3.63, 3.8) is 0 Å². The van der Waals surface area contributed by atoms with E-state index in [1.807, 2.05) is 0 Å². The van der Waals surface area contributed by atoms with Crippen LogP contribution in [0.1, 0.15) is 72.6 Å². The molecule has 0 spiro atoms. The molecule has 0 aromatic heterocycles. The summed E-state index contributed by atoms with van der Waals surface area (Å²) in [5.41, 5.74) is 1.36. The van der Waals surface area contributed by atoms with Crippen LogP contribution in [0, 0.1) is 11.8 Å². The highest BCUT2D eigenvalue weighted by Gasteiger charge is 2.15. The highest BCUT2D eigenvalue weighted by Crippen LogP contribution is 2.27. The number of allylic oxidation sites excluding steroid dienone is 1. The van der Waals surface area contributed by atoms with Crippen molar-refractivity contribution >= 4 is 0 Å². The SMILES string of the molecule is C=C(C)C(C)C(CC)CCCCCCC. The molecular formula is C15H30. The van der Waals surface area contributed by atoms with Crippen LogP contribution in [0.3, 0.4) is 0 Å². The molecule has 0 nitrogen and oxygen atoms in total. The molecule has 2 atom stereocenters. The summed E-state index contributed by atoms with van der Waals surface area (Å²) in [6.45, 7) is 13.2. The molecule has 0 saturated carbocycles. The summed E-state index contributed by atoms with van der Waals surface area (Å²) in [5, 5.41) is 0. The van der Waals surface area contributed by atoms with Gasteiger partial charge in [-0.15, -0.1) is 0 Å². The molecule has 0 N–H and O–H groups in total. The van der Waals surface area contributed by atoms with Crippen LogP contribution in [0.15, 0.2) is 12.2 Å². The minimum Gasteiger partial charge on any atom is -0.0999 e. The van der Waals surface area contributed by atoms with E-state index in [2.05, 4.69) is 34.3 Å². The molecule has 2 unspecified atom stereocenters. The van der Waals surface area contributed by atoms with E-state index in [-0.39, 0.29) is 0 Å². The fraction of sp³-hybridized carbons (Fsp3) is 0.867. The van der Waals surface area contributed by atoms with Gasteiger partial charge in [0.05, 0.1) is 0 Å². The Bertz CT molecular complexity index is 157. The van der Waals surface area contributed by atoms with Gasteiger partial charge in [-0.1, -0.05) is 71.4 Å². The van der Waals surface area contributed by atoms with Crippen LogP contribution in [0.2, 0.25) is 0 Å². The topological polar surface area (TPSA) is 0 Å². The maximum Gasteiger partial charge on any atom is -0.0209 e. The van der Waals surface area contributed by atoms with E-state index in [4.69, 9.17) is 0 Å². The molecule has 0 aromatic rings. The minimum absolute atomic E-state index is 0.709. The van der Waals surface area contributed by atoms with Crippen LogP contribution in [0.4, 0.5) is 0 Å². The first-order valence-electron chi connectivity index (χ1n) is 6.78. The molecule has 0 bridgehead atoms. The zero-order chi connectivity index (χ0) is 11.7. The lowest BCUT2D eigenvalue weighted by atomic mass is 9.83. The average Bonchev–Trinajstić information content (AvgIpc) is 2.22. The lowest BCUT2D eigenvalue weighted by Gasteiger charge is -2.22. The Labute approximate surface area is 97.2 Å². The largest absolute Gasteiger partial charge is 0.0999 e. The molecule has 0 fully saturated rings. The van der Waals surface area contributed by atoms with Crippen molar-refractivity contribution in [1.82, 2.24) is 0 Å². The van der Waals surface area contributed by atoms with Crippen molar-refractivity contribution in [3.8, 4) is 0 Å². The predicted molar refractivity (Wildman–Crippen MR) is 71.1 cm³/mol. The molecule has 0 aliphatic heterocycles. The van der Waals surface area contributed by atoms with Gasteiger partial charge in [-0.3, -0.25) is 0 Å². The third-order valence-electron chi connectivity index (χ3n) is 3.69. The highest BCUT2D eigenvalue weighted by molar-refractivity contribution is 4.96. The highest BCUT2D eigenvalue weighted by atomic mass is 14.2. The molecule has 90 valence electrons. The van der Waals surface area contributed by atoms with Crippen LogP contribution in [0.5, 0.6) is 0 Å². The van der Waals surface area contributed by atoms with Gasteiger partial charge in [0.15, 0.2) is 0 Å². The van der Waals surface area contributed by atoms with Crippen LogP contribution in [0.25, 0.3) is 0 Å². The molecule has 0 aliphatic rings. The van der Waals surface area contributed by atoms with Gasteiger partial charge in [-0.2, -0.15) is 0 Å². The number of unbranched alkanes of at least 4 members (excludes halogenated alkanes) is 4. The zero-order valence-corrected chi connectivity index (χ0v) is 11.3. The molecule has 0 amide bonds. The number of hydrogen-bond donors (Lipinski definition) is 0. The Morgan fingerprint density at radius 3 is 2.13 bits per heavy atom. The van der Waals surface area contributed by atoms with Crippen molar-refractivity contribution in [3.05, 3.63) is 12.2 Å². The molecular weight excluding hydrogens is 180 g/mol. The van der Waals surface area contributed by atoms with Gasteiger partial charge >= 0.3 is 0 Å². The van der Waals surface area contributed by atoms with E-state index in [0.29, 0.717) is 5.92 Å². The van der Waals surface area contributed by atoms with Gasteiger partial charge < -0.3 is 0 Å². The van der Waals surface area contributed by atoms with E-state index >= 15 is 0 Å². The summed E-state index contributed by atoms with van der Waals surface area (Å²) < 4.78 is 0. The van der Waals surface area contributed by atoms with Crippen molar-refractivity contribution in [2.75, 3.05) is 0 Å². The lowest BCUT2D eigenvalue weighted by Crippen LogP contribution is -2.11. The second kappa shape index (κ2) is 9.00. The lowest BCUT2D eigenvalue weighted by molar-refractivity contribution is 0.351. The third kappa shape index (κ3) is 6.76. The van der Waals surface area contributed by atoms with E-state index in [9.17, 15) is 0 Å². The summed E-state index contributed by atoms with van der Waals surface area (Å²) in [6.07, 6.45) is 9.72. The predicted octanol–water partition coefficient (Wildman–Crippen LogP) is 5.59. The van der Waals surface area contributed by atoms with Gasteiger partial charge in [-0.05, 0) is 25.2 Å². The third-order valence-corrected chi connectivity index (χ3v) is 3.69. The molecule has 15 heavy (non-hydrogen) atoms. The van der Waals surface area contributed by atoms with Gasteiger partial charge in [0.2, 0.25) is 0 Å². The van der Waals surface area contributed by atoms with Crippen LogP contribution in [-0.4, -0.2) is 0 Å². The standard InChI is InChI=1S/C15H30/c1-6-8-9-10-11-12-15(7-2)14(5)13(3)4/h14-15H,3,6-12H2,1-2,4-5H3. The molecule has 0 rings (SSSR count). The van der Waals surface area contributed by atoms with E-state index in [1.165, 1.54) is 50.5 Å². The van der Waals surface area contributed by atoms with Crippen LogP contribution >= 0.6 is 0 Å². The summed E-state index contributed by atoms with van der Waals surface area (Å²) in [6, 6.07) is 0. The second-order valence-electron chi connectivity index (χ2n) is 5.01. The fourth-order valence-electron chi connectivity index (χ4n) is 2.22. The maximum atomic E-state index is 4.08. The van der Waals surface area contributed by atoms with Gasteiger partial charge in [0, 0.05) is 0 Å². The summed E-state index contributed by atoms with van der Waals surface area (Å²) in [4.78, 5) is 0. The molecule has 0 aliphatic carbocycles. The molecule has 0 aromatic carbocycles. The van der Waals surface area contributed by atoms with E-state index in [1.54, 1.807) is 0 Å². The van der Waals surface area contributed by atoms with Gasteiger partial charge in [0.1, 0.15) is 0 Å². The van der Waals surface area contributed by atoms with Crippen molar-refractivity contribution in [2.45, 2.75) is 72.6 Å². The van der Waals surface area contributed by atoms with Crippen molar-refractivity contribution in [2.24, 2.45) is 11.8 Å². The molecule has 0 radical (unpaired) electrons. The first-order chi connectivity index (χ1) is 7.13. The quantitative estimate of drug-likeness (QED) is 0.344. The van der Waals surface area contributed by atoms with Crippen LogP contribution < -0.4 is 0 Å². The average molecular weight is 210 g/mol. The Hall–Kier alpha value is -0.260. The van der Waals surface area contributed by atoms with Gasteiger partial charge in [-0.25, -0.2) is 0 Å². The Balaban J connectivity index is 3.66. The maximum absolute atomic E-state index is 4.08. The Kier molecular flexibility index (Phi) is 8.85. The zero-order valence-electron chi connectivity index (χ0n) is 11.3. The molecule has 0 saturated heterocycles. The number of hydrogen-bond acceptors (Lipinski definition) is 0. The second-order valence-corrected chi connectivity index (χ2v) is 5.01. The monoisotopic (exact) mass is 210 g/mol. The van der Waals surface area contributed by atoms with Crippen molar-refractivity contribution < 1.29 is 0 Å². The molecule has 0 heterocycles. The van der Waals surface area contributed by atoms with E-state index in [0.717, 1.165) is 5.92 Å².